The number of hydrogen-bond donors (Lipinski definition) is 1. The van der Waals surface area contributed by atoms with Gasteiger partial charge in [-0.15, -0.1) is 0 Å². The lowest BCUT2D eigenvalue weighted by Crippen LogP contribution is -2.41. The minimum absolute atomic E-state index is 0.0524. The zero-order valence-electron chi connectivity index (χ0n) is 8.48. The summed E-state index contributed by atoms with van der Waals surface area (Å²) in [5.74, 6) is -0.0524. The van der Waals surface area contributed by atoms with Crippen LogP contribution in [-0.2, 0) is 4.79 Å². The van der Waals surface area contributed by atoms with Crippen LogP contribution in [0.4, 0.5) is 0 Å². The lowest BCUT2D eigenvalue weighted by Gasteiger charge is -2.23. The number of amides is 1. The summed E-state index contributed by atoms with van der Waals surface area (Å²) in [6, 6.07) is 0. The number of quaternary nitrogens is 1. The highest BCUT2D eigenvalue weighted by atomic mass is 16.1. The average molecular weight is 171 g/mol. The number of carbonyl (C=O) groups is 1. The molecule has 0 spiro atoms. The largest absolute Gasteiger partial charge is 0.347 e. The average Bonchev–Trinajstić information content (AvgIpc) is 1.84. The van der Waals surface area contributed by atoms with Crippen molar-refractivity contribution >= 4 is 5.91 Å². The van der Waals surface area contributed by atoms with Crippen LogP contribution in [0.1, 0.15) is 6.92 Å². The normalized spacial score (nSPS) is 11.0. The van der Waals surface area contributed by atoms with E-state index < -0.39 is 0 Å². The fraction of sp³-hybridized carbons (Fsp3) is 0.667. The maximum atomic E-state index is 11.0. The molecule has 0 rings (SSSR count). The van der Waals surface area contributed by atoms with Gasteiger partial charge in [-0.2, -0.15) is 0 Å². The van der Waals surface area contributed by atoms with Gasteiger partial charge in [0.2, 0.25) is 5.91 Å². The Morgan fingerprint density at radius 2 is 1.92 bits per heavy atom. The lowest BCUT2D eigenvalue weighted by atomic mass is 10.3. The standard InChI is InChI=1S/C9H18N2O/c1-8(2)9(12)10-6-7-11(3,4)5/h1,6-7H2,2-5H3/p+1. The van der Waals surface area contributed by atoms with Crippen LogP contribution in [0.25, 0.3) is 0 Å². The number of carbonyl (C=O) groups excluding carboxylic acids is 1. The van der Waals surface area contributed by atoms with Gasteiger partial charge in [-0.05, 0) is 6.92 Å². The van der Waals surface area contributed by atoms with E-state index in [-0.39, 0.29) is 5.91 Å². The summed E-state index contributed by atoms with van der Waals surface area (Å²) in [7, 11) is 6.27. The van der Waals surface area contributed by atoms with E-state index in [1.165, 1.54) is 0 Å². The second-order valence-corrected chi connectivity index (χ2v) is 4.05. The first kappa shape index (κ1) is 11.2. The molecule has 0 radical (unpaired) electrons. The van der Waals surface area contributed by atoms with E-state index in [0.717, 1.165) is 11.0 Å². The first-order valence-corrected chi connectivity index (χ1v) is 4.07. The van der Waals surface area contributed by atoms with Crippen LogP contribution >= 0.6 is 0 Å². The number of likely N-dealkylation sites (N-methyl/N-ethyl adjacent to an activating group) is 1. The van der Waals surface area contributed by atoms with Crippen LogP contribution in [0.5, 0.6) is 0 Å². The molecule has 1 N–H and O–H groups in total. The maximum absolute atomic E-state index is 11.0. The Morgan fingerprint density at radius 3 is 2.25 bits per heavy atom. The third kappa shape index (κ3) is 5.92. The smallest absolute Gasteiger partial charge is 0.246 e. The minimum Gasteiger partial charge on any atom is -0.347 e. The van der Waals surface area contributed by atoms with Crippen molar-refractivity contribution in [2.75, 3.05) is 34.2 Å². The summed E-state index contributed by atoms with van der Waals surface area (Å²) >= 11 is 0. The molecule has 0 unspecified atom stereocenters. The Labute approximate surface area is 74.7 Å². The maximum Gasteiger partial charge on any atom is 0.246 e. The molecule has 0 saturated heterocycles. The predicted molar refractivity (Wildman–Crippen MR) is 50.7 cm³/mol. The van der Waals surface area contributed by atoms with Crippen molar-refractivity contribution in [1.29, 1.82) is 0 Å². The third-order valence-corrected chi connectivity index (χ3v) is 1.46. The summed E-state index contributed by atoms with van der Waals surface area (Å²) in [5, 5.41) is 2.78. The Balaban J connectivity index is 3.58. The fourth-order valence-corrected chi connectivity index (χ4v) is 0.656. The summed E-state index contributed by atoms with van der Waals surface area (Å²) in [5.41, 5.74) is 0.566. The number of nitrogens with zero attached hydrogens (tertiary/aromatic N) is 1. The molecule has 0 aliphatic carbocycles. The fourth-order valence-electron chi connectivity index (χ4n) is 0.656. The highest BCUT2D eigenvalue weighted by molar-refractivity contribution is 5.91. The Kier molecular flexibility index (Phi) is 3.96. The Bertz CT molecular complexity index is 179. The molecule has 0 aromatic carbocycles. The van der Waals surface area contributed by atoms with Crippen molar-refractivity contribution in [2.45, 2.75) is 6.92 Å². The number of nitrogens with one attached hydrogen (secondary N) is 1. The molecule has 0 aliphatic rings. The van der Waals surface area contributed by atoms with Gasteiger partial charge in [0, 0.05) is 5.57 Å². The van der Waals surface area contributed by atoms with E-state index in [1.54, 1.807) is 6.92 Å². The first-order valence-electron chi connectivity index (χ1n) is 4.07. The van der Waals surface area contributed by atoms with Crippen molar-refractivity contribution in [2.24, 2.45) is 0 Å². The molecule has 70 valence electrons. The van der Waals surface area contributed by atoms with E-state index >= 15 is 0 Å². The predicted octanol–water partition coefficient (Wildman–Crippen LogP) is 0.385. The number of rotatable bonds is 4. The summed E-state index contributed by atoms with van der Waals surface area (Å²) in [6.45, 7) is 6.90. The molecule has 0 fully saturated rings. The quantitative estimate of drug-likeness (QED) is 0.481. The molecule has 0 bridgehead atoms. The van der Waals surface area contributed by atoms with E-state index in [1.807, 2.05) is 0 Å². The molecule has 0 aliphatic heterocycles. The second kappa shape index (κ2) is 4.26. The number of hydrogen-bond acceptors (Lipinski definition) is 1. The highest BCUT2D eigenvalue weighted by Gasteiger charge is 2.07. The van der Waals surface area contributed by atoms with Gasteiger partial charge in [-0.1, -0.05) is 6.58 Å². The zero-order valence-corrected chi connectivity index (χ0v) is 8.48. The molecule has 0 aromatic rings. The van der Waals surface area contributed by atoms with E-state index in [0.29, 0.717) is 12.1 Å². The molecule has 0 atom stereocenters. The van der Waals surface area contributed by atoms with E-state index in [9.17, 15) is 4.79 Å². The molecule has 0 aromatic heterocycles. The Morgan fingerprint density at radius 1 is 1.42 bits per heavy atom. The van der Waals surface area contributed by atoms with Crippen molar-refractivity contribution in [3.8, 4) is 0 Å². The highest BCUT2D eigenvalue weighted by Crippen LogP contribution is 1.88. The van der Waals surface area contributed by atoms with Gasteiger partial charge in [0.25, 0.3) is 0 Å². The van der Waals surface area contributed by atoms with Gasteiger partial charge in [0.05, 0.1) is 34.2 Å². The van der Waals surface area contributed by atoms with Crippen molar-refractivity contribution < 1.29 is 9.28 Å². The topological polar surface area (TPSA) is 29.1 Å². The van der Waals surface area contributed by atoms with Crippen LogP contribution in [0, 0.1) is 0 Å². The summed E-state index contributed by atoms with van der Waals surface area (Å²) in [6.07, 6.45) is 0. The van der Waals surface area contributed by atoms with Gasteiger partial charge in [-0.3, -0.25) is 4.79 Å². The monoisotopic (exact) mass is 171 g/mol. The van der Waals surface area contributed by atoms with Gasteiger partial charge >= 0.3 is 0 Å². The van der Waals surface area contributed by atoms with Gasteiger partial charge in [0.15, 0.2) is 0 Å². The van der Waals surface area contributed by atoms with E-state index in [2.05, 4.69) is 33.0 Å². The molecule has 0 saturated carbocycles. The third-order valence-electron chi connectivity index (χ3n) is 1.46. The molecule has 1 amide bonds. The van der Waals surface area contributed by atoms with E-state index in [4.69, 9.17) is 0 Å². The van der Waals surface area contributed by atoms with Crippen molar-refractivity contribution in [3.63, 3.8) is 0 Å². The summed E-state index contributed by atoms with van der Waals surface area (Å²) < 4.78 is 0.858. The minimum atomic E-state index is -0.0524. The lowest BCUT2D eigenvalue weighted by molar-refractivity contribution is -0.869. The molecule has 0 heterocycles. The van der Waals surface area contributed by atoms with Crippen LogP contribution in [0.2, 0.25) is 0 Å². The SMILES string of the molecule is C=C(C)C(=O)NCC[N+](C)(C)C. The molecule has 12 heavy (non-hydrogen) atoms. The van der Waals surface area contributed by atoms with Gasteiger partial charge < -0.3 is 9.80 Å². The molecular weight excluding hydrogens is 152 g/mol. The van der Waals surface area contributed by atoms with Gasteiger partial charge in [-0.25, -0.2) is 0 Å². The van der Waals surface area contributed by atoms with Crippen molar-refractivity contribution in [3.05, 3.63) is 12.2 Å². The first-order chi connectivity index (χ1) is 5.33. The van der Waals surface area contributed by atoms with Crippen LogP contribution in [0.3, 0.4) is 0 Å². The Hall–Kier alpha value is -0.830. The van der Waals surface area contributed by atoms with Gasteiger partial charge in [0.1, 0.15) is 0 Å². The molecule has 3 nitrogen and oxygen atoms in total. The summed E-state index contributed by atoms with van der Waals surface area (Å²) in [4.78, 5) is 11.0. The van der Waals surface area contributed by atoms with Crippen LogP contribution in [-0.4, -0.2) is 44.6 Å². The molecule has 3 heteroatoms. The van der Waals surface area contributed by atoms with Crippen molar-refractivity contribution in [1.82, 2.24) is 5.32 Å². The van der Waals surface area contributed by atoms with Crippen LogP contribution < -0.4 is 5.32 Å². The van der Waals surface area contributed by atoms with Crippen LogP contribution in [0.15, 0.2) is 12.2 Å². The molecular formula is C9H19N2O+. The zero-order chi connectivity index (χ0) is 9.78. The second-order valence-electron chi connectivity index (χ2n) is 4.05.